The first kappa shape index (κ1) is 12.1. The van der Waals surface area contributed by atoms with Crippen molar-refractivity contribution in [3.8, 4) is 0 Å². The van der Waals surface area contributed by atoms with E-state index in [4.69, 9.17) is 4.99 Å². The number of hydrogen-bond acceptors (Lipinski definition) is 4. The minimum atomic E-state index is 0.994. The van der Waals surface area contributed by atoms with Crippen molar-refractivity contribution in [2.75, 3.05) is 26.2 Å². The predicted octanol–water partition coefficient (Wildman–Crippen LogP) is 2.64. The Morgan fingerprint density at radius 2 is 1.90 bits per heavy atom. The van der Waals surface area contributed by atoms with Crippen LogP contribution in [0.5, 0.6) is 0 Å². The Kier molecular flexibility index (Phi) is 3.05. The zero-order valence-electron chi connectivity index (χ0n) is 11.3. The molecule has 20 heavy (non-hydrogen) atoms. The van der Waals surface area contributed by atoms with Crippen LogP contribution in [0, 0.1) is 0 Å². The Morgan fingerprint density at radius 3 is 2.80 bits per heavy atom. The molecule has 2 aromatic rings. The third-order valence-corrected chi connectivity index (χ3v) is 4.92. The molecule has 4 heteroatoms. The molecule has 1 N–H and O–H groups in total. The van der Waals surface area contributed by atoms with E-state index in [0.717, 1.165) is 38.3 Å². The highest BCUT2D eigenvalue weighted by molar-refractivity contribution is 7.12. The Balaban J connectivity index is 1.84. The van der Waals surface area contributed by atoms with E-state index in [9.17, 15) is 0 Å². The lowest BCUT2D eigenvalue weighted by Crippen LogP contribution is -2.46. The van der Waals surface area contributed by atoms with Crippen molar-refractivity contribution in [3.05, 3.63) is 51.7 Å². The summed E-state index contributed by atoms with van der Waals surface area (Å²) in [6.07, 6.45) is 0.994. The van der Waals surface area contributed by atoms with Crippen LogP contribution in [0.3, 0.4) is 0 Å². The third kappa shape index (κ3) is 2.05. The van der Waals surface area contributed by atoms with Crippen LogP contribution in [-0.4, -0.2) is 36.9 Å². The number of rotatable bonds is 0. The molecule has 0 aliphatic carbocycles. The maximum Gasteiger partial charge on any atom is 0.147 e. The topological polar surface area (TPSA) is 27.6 Å². The number of benzene rings is 1. The van der Waals surface area contributed by atoms with Crippen molar-refractivity contribution in [2.45, 2.75) is 6.42 Å². The molecule has 4 rings (SSSR count). The second-order valence-corrected chi connectivity index (χ2v) is 6.17. The standard InChI is InChI=1S/C16H17N3S/c1-2-4-14-12(3-1)11-13-5-10-20-15(13)16(18-14)19-8-6-17-7-9-19/h1-5,10,17H,6-9,11H2. The molecule has 0 amide bonds. The molecule has 0 atom stereocenters. The lowest BCUT2D eigenvalue weighted by molar-refractivity contribution is 0.358. The number of para-hydroxylation sites is 1. The van der Waals surface area contributed by atoms with E-state index in [1.807, 2.05) is 11.3 Å². The maximum absolute atomic E-state index is 5.00. The number of piperazine rings is 1. The quantitative estimate of drug-likeness (QED) is 0.805. The van der Waals surface area contributed by atoms with Crippen LogP contribution >= 0.6 is 11.3 Å². The SMILES string of the molecule is c1ccc2c(c1)Cc1ccsc1C(N1CCNCC1)=N2. The van der Waals surface area contributed by atoms with Gasteiger partial charge in [0.25, 0.3) is 0 Å². The Labute approximate surface area is 123 Å². The summed E-state index contributed by atoms with van der Waals surface area (Å²) in [5, 5.41) is 5.60. The van der Waals surface area contributed by atoms with Crippen molar-refractivity contribution in [1.29, 1.82) is 0 Å². The summed E-state index contributed by atoms with van der Waals surface area (Å²) in [6.45, 7) is 4.17. The fraction of sp³-hybridized carbons (Fsp3) is 0.312. The van der Waals surface area contributed by atoms with Crippen molar-refractivity contribution in [1.82, 2.24) is 10.2 Å². The molecule has 0 bridgehead atoms. The molecule has 3 nitrogen and oxygen atoms in total. The largest absolute Gasteiger partial charge is 0.353 e. The third-order valence-electron chi connectivity index (χ3n) is 3.97. The summed E-state index contributed by atoms with van der Waals surface area (Å²) in [5.74, 6) is 1.17. The first-order valence-electron chi connectivity index (χ1n) is 7.11. The average Bonchev–Trinajstić information content (AvgIpc) is 2.89. The molecule has 0 unspecified atom stereocenters. The van der Waals surface area contributed by atoms with Gasteiger partial charge < -0.3 is 10.2 Å². The van der Waals surface area contributed by atoms with Gasteiger partial charge in [0.2, 0.25) is 0 Å². The Morgan fingerprint density at radius 1 is 1.05 bits per heavy atom. The van der Waals surface area contributed by atoms with Gasteiger partial charge in [-0.15, -0.1) is 11.3 Å². The van der Waals surface area contributed by atoms with Gasteiger partial charge in [0.1, 0.15) is 5.84 Å². The number of thiophene rings is 1. The van der Waals surface area contributed by atoms with Gasteiger partial charge in [0, 0.05) is 32.6 Å². The smallest absolute Gasteiger partial charge is 0.147 e. The summed E-state index contributed by atoms with van der Waals surface area (Å²) in [7, 11) is 0. The van der Waals surface area contributed by atoms with E-state index < -0.39 is 0 Å². The van der Waals surface area contributed by atoms with E-state index in [-0.39, 0.29) is 0 Å². The van der Waals surface area contributed by atoms with Crippen LogP contribution in [0.1, 0.15) is 16.0 Å². The molecular formula is C16H17N3S. The molecule has 0 spiro atoms. The zero-order valence-corrected chi connectivity index (χ0v) is 12.1. The number of nitrogens with zero attached hydrogens (tertiary/aromatic N) is 2. The summed E-state index contributed by atoms with van der Waals surface area (Å²) in [6, 6.07) is 10.8. The molecule has 2 aliphatic heterocycles. The number of nitrogens with one attached hydrogen (secondary N) is 1. The fourth-order valence-electron chi connectivity index (χ4n) is 2.90. The van der Waals surface area contributed by atoms with Gasteiger partial charge in [0.05, 0.1) is 10.6 Å². The summed E-state index contributed by atoms with van der Waals surface area (Å²) in [4.78, 5) is 8.78. The normalized spacial score (nSPS) is 18.0. The fourth-order valence-corrected chi connectivity index (χ4v) is 3.84. The van der Waals surface area contributed by atoms with Gasteiger partial charge in [0.15, 0.2) is 0 Å². The molecule has 1 fully saturated rings. The number of amidine groups is 1. The van der Waals surface area contributed by atoms with Crippen LogP contribution in [-0.2, 0) is 6.42 Å². The summed E-state index contributed by atoms with van der Waals surface area (Å²) in [5.41, 5.74) is 3.87. The lowest BCUT2D eigenvalue weighted by Gasteiger charge is -2.30. The van der Waals surface area contributed by atoms with Crippen LogP contribution in [0.25, 0.3) is 0 Å². The predicted molar refractivity (Wildman–Crippen MR) is 84.2 cm³/mol. The van der Waals surface area contributed by atoms with Crippen molar-refractivity contribution < 1.29 is 0 Å². The highest BCUT2D eigenvalue weighted by atomic mass is 32.1. The van der Waals surface area contributed by atoms with Crippen LogP contribution in [0.2, 0.25) is 0 Å². The first-order chi connectivity index (χ1) is 9.92. The van der Waals surface area contributed by atoms with Crippen LogP contribution in [0.15, 0.2) is 40.7 Å². The first-order valence-corrected chi connectivity index (χ1v) is 7.99. The number of hydrogen-bond donors (Lipinski definition) is 1. The summed E-state index contributed by atoms with van der Waals surface area (Å²) >= 11 is 1.82. The lowest BCUT2D eigenvalue weighted by atomic mass is 10.1. The molecule has 1 aromatic heterocycles. The highest BCUT2D eigenvalue weighted by Gasteiger charge is 2.23. The Hall–Kier alpha value is -1.65. The molecule has 102 valence electrons. The van der Waals surface area contributed by atoms with E-state index in [1.165, 1.54) is 21.8 Å². The molecule has 1 saturated heterocycles. The molecule has 2 aliphatic rings. The molecular weight excluding hydrogens is 266 g/mol. The second-order valence-electron chi connectivity index (χ2n) is 5.25. The minimum Gasteiger partial charge on any atom is -0.353 e. The van der Waals surface area contributed by atoms with Gasteiger partial charge in [-0.25, -0.2) is 4.99 Å². The zero-order chi connectivity index (χ0) is 13.4. The monoisotopic (exact) mass is 283 g/mol. The molecule has 3 heterocycles. The molecule has 1 aromatic carbocycles. The van der Waals surface area contributed by atoms with Crippen LogP contribution in [0.4, 0.5) is 5.69 Å². The van der Waals surface area contributed by atoms with E-state index in [0.29, 0.717) is 0 Å². The second kappa shape index (κ2) is 5.04. The minimum absolute atomic E-state index is 0.994. The van der Waals surface area contributed by atoms with Gasteiger partial charge in [-0.05, 0) is 28.6 Å². The van der Waals surface area contributed by atoms with E-state index in [2.05, 4.69) is 45.9 Å². The molecule has 0 saturated carbocycles. The summed E-state index contributed by atoms with van der Waals surface area (Å²) < 4.78 is 0. The maximum atomic E-state index is 5.00. The van der Waals surface area contributed by atoms with Crippen LogP contribution < -0.4 is 5.32 Å². The van der Waals surface area contributed by atoms with Crippen molar-refractivity contribution in [3.63, 3.8) is 0 Å². The van der Waals surface area contributed by atoms with Crippen molar-refractivity contribution in [2.24, 2.45) is 4.99 Å². The van der Waals surface area contributed by atoms with E-state index in [1.54, 1.807) is 0 Å². The Bertz CT molecular complexity index is 653. The number of aliphatic imine (C=N–C) groups is 1. The van der Waals surface area contributed by atoms with Gasteiger partial charge in [-0.2, -0.15) is 0 Å². The average molecular weight is 283 g/mol. The van der Waals surface area contributed by atoms with Gasteiger partial charge in [-0.3, -0.25) is 0 Å². The van der Waals surface area contributed by atoms with Crippen molar-refractivity contribution >= 4 is 22.9 Å². The van der Waals surface area contributed by atoms with Gasteiger partial charge in [-0.1, -0.05) is 18.2 Å². The van der Waals surface area contributed by atoms with Gasteiger partial charge >= 0.3 is 0 Å². The van der Waals surface area contributed by atoms with E-state index >= 15 is 0 Å². The molecule has 0 radical (unpaired) electrons. The highest BCUT2D eigenvalue weighted by Crippen LogP contribution is 2.32. The number of fused-ring (bicyclic) bond motifs is 2.